The van der Waals surface area contributed by atoms with Crippen molar-refractivity contribution in [2.24, 2.45) is 11.5 Å². The molecular formula is C31H49N5O4. The third-order valence-electron chi connectivity index (χ3n) is 6.28. The molecule has 0 aliphatic carbocycles. The maximum absolute atomic E-state index is 12.6. The number of carbonyl (C=O) groups excluding carboxylic acids is 2. The topological polar surface area (TPSA) is 148 Å². The third-order valence-corrected chi connectivity index (χ3v) is 6.28. The van der Waals surface area contributed by atoms with Gasteiger partial charge in [0.05, 0.1) is 17.3 Å². The number of nitrogens with one attached hydrogen (secondary N) is 1. The van der Waals surface area contributed by atoms with Crippen molar-refractivity contribution in [3.05, 3.63) is 76.5 Å². The number of amides is 2. The number of likely N-dealkylation sites (tertiary alicyclic amines) is 1. The molecule has 1 aromatic carbocycles. The van der Waals surface area contributed by atoms with Gasteiger partial charge in [-0.2, -0.15) is 0 Å². The molecule has 0 saturated carbocycles. The van der Waals surface area contributed by atoms with Gasteiger partial charge in [0.2, 0.25) is 6.41 Å². The third kappa shape index (κ3) is 10.4. The molecule has 2 atom stereocenters. The first-order valence-electron chi connectivity index (χ1n) is 13.6. The van der Waals surface area contributed by atoms with Gasteiger partial charge in [-0.15, -0.1) is 0 Å². The first-order valence-corrected chi connectivity index (χ1v) is 13.6. The fraction of sp³-hybridized carbons (Fsp3) is 0.452. The van der Waals surface area contributed by atoms with E-state index in [1.54, 1.807) is 6.20 Å². The van der Waals surface area contributed by atoms with Crippen LogP contribution in [-0.2, 0) is 9.59 Å². The van der Waals surface area contributed by atoms with Gasteiger partial charge in [0.25, 0.3) is 5.91 Å². The molecule has 0 radical (unpaired) electrons. The largest absolute Gasteiger partial charge is 0.404 e. The summed E-state index contributed by atoms with van der Waals surface area (Å²) in [5.41, 5.74) is 17.4. The van der Waals surface area contributed by atoms with Crippen molar-refractivity contribution in [1.82, 2.24) is 15.4 Å². The van der Waals surface area contributed by atoms with Crippen LogP contribution in [0.5, 0.6) is 0 Å². The summed E-state index contributed by atoms with van der Waals surface area (Å²) in [5, 5.41) is 13.6. The van der Waals surface area contributed by atoms with E-state index in [0.717, 1.165) is 60.0 Å². The summed E-state index contributed by atoms with van der Waals surface area (Å²) in [7, 11) is 1.00. The minimum Gasteiger partial charge on any atom is -0.404 e. The second kappa shape index (κ2) is 19.2. The van der Waals surface area contributed by atoms with Gasteiger partial charge in [0.15, 0.2) is 5.76 Å². The monoisotopic (exact) mass is 555 g/mol. The molecule has 1 aromatic heterocycles. The summed E-state index contributed by atoms with van der Waals surface area (Å²) in [5.74, 6) is 0.646. The lowest BCUT2D eigenvalue weighted by Crippen LogP contribution is -2.34. The lowest BCUT2D eigenvalue weighted by molar-refractivity contribution is -0.125. The highest BCUT2D eigenvalue weighted by Crippen LogP contribution is 2.27. The van der Waals surface area contributed by atoms with Crippen LogP contribution in [0.1, 0.15) is 89.9 Å². The van der Waals surface area contributed by atoms with E-state index in [9.17, 15) is 9.59 Å². The SMILES string of the molecule is CC.CC(=C/N)/C(=C\N)c1ccc(C(C)NC=O)cc1.CC(C)=C(C(=O)N1CCCC1C)c1cc(C)no1.CO. The Kier molecular flexibility index (Phi) is 17.4. The predicted molar refractivity (Wildman–Crippen MR) is 164 cm³/mol. The van der Waals surface area contributed by atoms with E-state index in [1.165, 1.54) is 6.20 Å². The van der Waals surface area contributed by atoms with Crippen molar-refractivity contribution in [2.45, 2.75) is 80.3 Å². The number of aryl methyl sites for hydroxylation is 1. The van der Waals surface area contributed by atoms with Crippen molar-refractivity contribution in [1.29, 1.82) is 0 Å². The molecular weight excluding hydrogens is 506 g/mol. The Morgan fingerprint density at radius 3 is 2.15 bits per heavy atom. The van der Waals surface area contributed by atoms with Crippen LogP contribution in [0.15, 0.2) is 58.4 Å². The van der Waals surface area contributed by atoms with Crippen LogP contribution in [-0.4, -0.2) is 47.2 Å². The average Bonchev–Trinajstić information content (AvgIpc) is 3.59. The zero-order valence-corrected chi connectivity index (χ0v) is 25.6. The second-order valence-corrected chi connectivity index (χ2v) is 9.26. The molecule has 0 spiro atoms. The molecule has 9 heteroatoms. The van der Waals surface area contributed by atoms with Gasteiger partial charge in [0, 0.05) is 37.5 Å². The van der Waals surface area contributed by atoms with Crippen molar-refractivity contribution < 1.29 is 19.2 Å². The van der Waals surface area contributed by atoms with E-state index in [4.69, 9.17) is 21.1 Å². The molecule has 40 heavy (non-hydrogen) atoms. The van der Waals surface area contributed by atoms with Gasteiger partial charge in [-0.1, -0.05) is 48.8 Å². The Hall–Kier alpha value is -3.85. The molecule has 2 aromatic rings. The highest BCUT2D eigenvalue weighted by atomic mass is 16.5. The van der Waals surface area contributed by atoms with Gasteiger partial charge in [-0.3, -0.25) is 9.59 Å². The summed E-state index contributed by atoms with van der Waals surface area (Å²) < 4.78 is 5.25. The quantitative estimate of drug-likeness (QED) is 0.212. The lowest BCUT2D eigenvalue weighted by atomic mass is 9.98. The Balaban J connectivity index is 0.000000676. The van der Waals surface area contributed by atoms with Crippen LogP contribution in [0.4, 0.5) is 0 Å². The summed E-state index contributed by atoms with van der Waals surface area (Å²) in [6.07, 6.45) is 5.94. The molecule has 3 rings (SSSR count). The number of hydrogen-bond acceptors (Lipinski definition) is 7. The molecule has 1 aliphatic heterocycles. The van der Waals surface area contributed by atoms with Crippen LogP contribution in [0.3, 0.4) is 0 Å². The number of nitrogens with two attached hydrogens (primary N) is 2. The molecule has 2 heterocycles. The van der Waals surface area contributed by atoms with Gasteiger partial charge < -0.3 is 31.3 Å². The van der Waals surface area contributed by atoms with E-state index in [0.29, 0.717) is 23.8 Å². The average molecular weight is 556 g/mol. The maximum Gasteiger partial charge on any atom is 0.257 e. The first kappa shape index (κ1) is 36.1. The number of benzene rings is 1. The number of aliphatic hydroxyl groups is 1. The highest BCUT2D eigenvalue weighted by Gasteiger charge is 2.30. The van der Waals surface area contributed by atoms with Crippen molar-refractivity contribution >= 4 is 23.5 Å². The Morgan fingerprint density at radius 1 is 1.15 bits per heavy atom. The number of carbonyl (C=O) groups is 2. The summed E-state index contributed by atoms with van der Waals surface area (Å²) in [4.78, 5) is 24.9. The fourth-order valence-electron chi connectivity index (χ4n) is 4.12. The van der Waals surface area contributed by atoms with Gasteiger partial charge >= 0.3 is 0 Å². The smallest absolute Gasteiger partial charge is 0.257 e. The van der Waals surface area contributed by atoms with Crippen LogP contribution >= 0.6 is 0 Å². The molecule has 9 nitrogen and oxygen atoms in total. The van der Waals surface area contributed by atoms with Crippen molar-refractivity contribution in [2.75, 3.05) is 13.7 Å². The number of allylic oxidation sites excluding steroid dienone is 3. The summed E-state index contributed by atoms with van der Waals surface area (Å²) >= 11 is 0. The molecule has 6 N–H and O–H groups in total. The number of rotatable bonds is 7. The minimum atomic E-state index is -0.00648. The van der Waals surface area contributed by atoms with Crippen molar-refractivity contribution in [3.8, 4) is 0 Å². The lowest BCUT2D eigenvalue weighted by Gasteiger charge is -2.22. The van der Waals surface area contributed by atoms with Gasteiger partial charge in [0.1, 0.15) is 0 Å². The predicted octanol–water partition coefficient (Wildman–Crippen LogP) is 5.08. The van der Waals surface area contributed by atoms with E-state index in [-0.39, 0.29) is 11.9 Å². The molecule has 2 unspecified atom stereocenters. The molecule has 1 saturated heterocycles. The van der Waals surface area contributed by atoms with E-state index < -0.39 is 0 Å². The van der Waals surface area contributed by atoms with Gasteiger partial charge in [-0.25, -0.2) is 0 Å². The molecule has 222 valence electrons. The van der Waals surface area contributed by atoms with Crippen LogP contribution < -0.4 is 16.8 Å². The van der Waals surface area contributed by atoms with Crippen LogP contribution in [0.2, 0.25) is 0 Å². The number of aliphatic hydroxyl groups excluding tert-OH is 1. The maximum atomic E-state index is 12.6. The van der Waals surface area contributed by atoms with Crippen molar-refractivity contribution in [3.63, 3.8) is 0 Å². The second-order valence-electron chi connectivity index (χ2n) is 9.26. The molecule has 1 fully saturated rings. The highest BCUT2D eigenvalue weighted by molar-refractivity contribution is 6.19. The first-order chi connectivity index (χ1) is 19.1. The van der Waals surface area contributed by atoms with E-state index >= 15 is 0 Å². The zero-order valence-electron chi connectivity index (χ0n) is 25.6. The number of nitrogens with zero attached hydrogens (tertiary/aromatic N) is 2. The number of hydrogen-bond donors (Lipinski definition) is 4. The summed E-state index contributed by atoms with van der Waals surface area (Å²) in [6.45, 7) is 16.5. The Labute approximate surface area is 240 Å². The Bertz CT molecular complexity index is 1130. The minimum absolute atomic E-state index is 0.00648. The van der Waals surface area contributed by atoms with Crippen LogP contribution in [0.25, 0.3) is 11.1 Å². The Morgan fingerprint density at radius 2 is 1.75 bits per heavy atom. The van der Waals surface area contributed by atoms with Gasteiger partial charge in [-0.05, 0) is 77.3 Å². The molecule has 0 bridgehead atoms. The summed E-state index contributed by atoms with van der Waals surface area (Å²) in [6, 6.07) is 9.98. The molecule has 1 aliphatic rings. The standard InChI is InChI=1S/C14H19N3O.C14H20N2O2.C2H6.CH4O/c1-10(7-15)14(8-16)13-5-3-12(4-6-13)11(2)17-9-18;1-9(2)13(12-8-10(3)15-18-12)14(17)16-7-5-6-11(16)4;2*1-2/h3-9,11H,15-16H2,1-2H3,(H,17,18);8,11H,5-7H2,1-4H3;1-2H3;2H,1H3/b10-7-,14-8+;;;. The van der Waals surface area contributed by atoms with E-state index in [1.807, 2.05) is 83.7 Å². The van der Waals surface area contributed by atoms with E-state index in [2.05, 4.69) is 17.4 Å². The molecule has 2 amide bonds. The fourth-order valence-corrected chi connectivity index (χ4v) is 4.12. The number of aromatic nitrogens is 1. The van der Waals surface area contributed by atoms with Crippen LogP contribution in [0, 0.1) is 6.92 Å². The zero-order chi connectivity index (χ0) is 30.8. The normalized spacial score (nSPS) is 15.2.